The van der Waals surface area contributed by atoms with Crippen molar-refractivity contribution in [2.45, 2.75) is 83.8 Å². The minimum Gasteiger partial charge on any atom is -0.496 e. The van der Waals surface area contributed by atoms with E-state index in [9.17, 15) is 4.79 Å². The van der Waals surface area contributed by atoms with Crippen LogP contribution in [0.15, 0.2) is 48.5 Å². The first kappa shape index (κ1) is 25.9. The van der Waals surface area contributed by atoms with Gasteiger partial charge in [0, 0.05) is 19.0 Å². The lowest BCUT2D eigenvalue weighted by Crippen LogP contribution is -2.46. The van der Waals surface area contributed by atoms with Crippen molar-refractivity contribution in [2.24, 2.45) is 0 Å². The number of unbranched alkanes of at least 4 members (excludes halogenated alkanes) is 1. The Morgan fingerprint density at radius 3 is 2.21 bits per heavy atom. The molecule has 0 aliphatic carbocycles. The molecule has 34 heavy (non-hydrogen) atoms. The Bertz CT molecular complexity index is 905. The number of likely N-dealkylation sites (tertiary alicyclic amines) is 1. The Labute approximate surface area is 205 Å². The Kier molecular flexibility index (Phi) is 9.67. The van der Waals surface area contributed by atoms with Gasteiger partial charge in [-0.05, 0) is 89.0 Å². The second-order valence-electron chi connectivity index (χ2n) is 10.1. The highest BCUT2D eigenvalue weighted by Crippen LogP contribution is 2.25. The van der Waals surface area contributed by atoms with Crippen LogP contribution in [0.25, 0.3) is 0 Å². The van der Waals surface area contributed by atoms with E-state index in [4.69, 9.17) is 14.2 Å². The molecule has 1 fully saturated rings. The fourth-order valence-corrected chi connectivity index (χ4v) is 4.56. The monoisotopic (exact) mass is 467 g/mol. The zero-order chi connectivity index (χ0) is 24.4. The molecule has 1 unspecified atom stereocenters. The Balaban J connectivity index is 1.48. The van der Waals surface area contributed by atoms with Gasteiger partial charge in [0.25, 0.3) is 0 Å². The van der Waals surface area contributed by atoms with Gasteiger partial charge in [-0.15, -0.1) is 0 Å². The molecule has 2 aromatic rings. The third-order valence-electron chi connectivity index (χ3n) is 6.27. The second kappa shape index (κ2) is 12.7. The zero-order valence-electron chi connectivity index (χ0n) is 21.3. The number of nitrogens with zero attached hydrogens (tertiary/aromatic N) is 1. The summed E-state index contributed by atoms with van der Waals surface area (Å²) in [5.41, 5.74) is 2.03. The number of carbonyl (C=O) groups is 1. The van der Waals surface area contributed by atoms with Crippen molar-refractivity contribution in [2.75, 3.05) is 20.3 Å². The zero-order valence-corrected chi connectivity index (χ0v) is 21.3. The highest BCUT2D eigenvalue weighted by molar-refractivity contribution is 5.68. The number of aryl methyl sites for hydroxylation is 2. The average Bonchev–Trinajstić information content (AvgIpc) is 2.82. The summed E-state index contributed by atoms with van der Waals surface area (Å²) in [4.78, 5) is 14.6. The van der Waals surface area contributed by atoms with Crippen molar-refractivity contribution < 1.29 is 19.0 Å². The second-order valence-corrected chi connectivity index (χ2v) is 10.1. The lowest BCUT2D eigenvalue weighted by molar-refractivity contribution is 0.00742. The van der Waals surface area contributed by atoms with Crippen LogP contribution in [-0.2, 0) is 17.6 Å². The number of carbonyl (C=O) groups excluding carboxylic acids is 1. The quantitative estimate of drug-likeness (QED) is 0.360. The molecule has 0 spiro atoms. The highest BCUT2D eigenvalue weighted by Gasteiger charge is 2.30. The van der Waals surface area contributed by atoms with E-state index in [1.165, 1.54) is 11.1 Å². The van der Waals surface area contributed by atoms with E-state index in [2.05, 4.69) is 30.3 Å². The summed E-state index contributed by atoms with van der Waals surface area (Å²) in [6.45, 7) is 7.12. The van der Waals surface area contributed by atoms with Gasteiger partial charge in [-0.25, -0.2) is 4.79 Å². The third-order valence-corrected chi connectivity index (χ3v) is 6.27. The number of para-hydroxylation sites is 2. The standard InChI is InChI=1S/C29H41NO4/c1-29(2,3)34-28(31)30-21-12-11-17-25(30)20-22-33-27-19-10-8-16-24(27)15-6-5-13-23-14-7-9-18-26(23)32-4/h7-10,14,16,18-19,25H,5-6,11-13,15,17,20-22H2,1-4H3. The molecular formula is C29H41NO4. The summed E-state index contributed by atoms with van der Waals surface area (Å²) in [6, 6.07) is 16.7. The van der Waals surface area contributed by atoms with Crippen molar-refractivity contribution in [1.29, 1.82) is 0 Å². The van der Waals surface area contributed by atoms with Gasteiger partial charge in [0.2, 0.25) is 0 Å². The third kappa shape index (κ3) is 7.96. The molecule has 1 saturated heterocycles. The van der Waals surface area contributed by atoms with Gasteiger partial charge in [0.15, 0.2) is 0 Å². The van der Waals surface area contributed by atoms with E-state index in [0.717, 1.165) is 69.4 Å². The largest absolute Gasteiger partial charge is 0.496 e. The van der Waals surface area contributed by atoms with Crippen LogP contribution in [0.2, 0.25) is 0 Å². The van der Waals surface area contributed by atoms with E-state index in [-0.39, 0.29) is 12.1 Å². The Hall–Kier alpha value is -2.69. The predicted molar refractivity (Wildman–Crippen MR) is 137 cm³/mol. The number of hydrogen-bond acceptors (Lipinski definition) is 4. The van der Waals surface area contributed by atoms with E-state index < -0.39 is 5.60 Å². The molecular weight excluding hydrogens is 426 g/mol. The maximum atomic E-state index is 12.7. The van der Waals surface area contributed by atoms with Gasteiger partial charge in [0.05, 0.1) is 13.7 Å². The molecule has 5 heteroatoms. The SMILES string of the molecule is COc1ccccc1CCCCc1ccccc1OCCC1CCCCN1C(=O)OC(C)(C)C. The number of amides is 1. The van der Waals surface area contributed by atoms with Gasteiger partial charge in [-0.1, -0.05) is 36.4 Å². The molecule has 2 aromatic carbocycles. The average molecular weight is 468 g/mol. The fourth-order valence-electron chi connectivity index (χ4n) is 4.56. The number of piperidine rings is 1. The van der Waals surface area contributed by atoms with E-state index >= 15 is 0 Å². The first-order chi connectivity index (χ1) is 16.4. The molecule has 0 saturated carbocycles. The van der Waals surface area contributed by atoms with Crippen LogP contribution < -0.4 is 9.47 Å². The molecule has 0 bridgehead atoms. The van der Waals surface area contributed by atoms with Crippen LogP contribution in [0.4, 0.5) is 4.79 Å². The normalized spacial score (nSPS) is 16.2. The first-order valence-electron chi connectivity index (χ1n) is 12.7. The smallest absolute Gasteiger partial charge is 0.410 e. The molecule has 1 aliphatic rings. The molecule has 3 rings (SSSR count). The summed E-state index contributed by atoms with van der Waals surface area (Å²) in [5.74, 6) is 1.92. The van der Waals surface area contributed by atoms with Gasteiger partial charge in [-0.3, -0.25) is 0 Å². The molecule has 0 N–H and O–H groups in total. The summed E-state index contributed by atoms with van der Waals surface area (Å²) in [6.07, 6.45) is 7.99. The van der Waals surface area contributed by atoms with E-state index in [1.54, 1.807) is 7.11 Å². The molecule has 0 aromatic heterocycles. The first-order valence-corrected chi connectivity index (χ1v) is 12.7. The Morgan fingerprint density at radius 1 is 0.941 bits per heavy atom. The summed E-state index contributed by atoms with van der Waals surface area (Å²) in [7, 11) is 1.73. The fraction of sp³-hybridized carbons (Fsp3) is 0.552. The minimum atomic E-state index is -0.472. The number of rotatable bonds is 10. The van der Waals surface area contributed by atoms with Crippen molar-refractivity contribution in [3.8, 4) is 11.5 Å². The molecule has 186 valence electrons. The molecule has 1 amide bonds. The van der Waals surface area contributed by atoms with E-state index in [0.29, 0.717) is 6.61 Å². The number of ether oxygens (including phenoxy) is 3. The number of methoxy groups -OCH3 is 1. The van der Waals surface area contributed by atoms with Gasteiger partial charge >= 0.3 is 6.09 Å². The minimum absolute atomic E-state index is 0.177. The van der Waals surface area contributed by atoms with E-state index in [1.807, 2.05) is 43.9 Å². The molecule has 1 atom stereocenters. The van der Waals surface area contributed by atoms with Crippen molar-refractivity contribution >= 4 is 6.09 Å². The lowest BCUT2D eigenvalue weighted by Gasteiger charge is -2.36. The summed E-state index contributed by atoms with van der Waals surface area (Å²) >= 11 is 0. The highest BCUT2D eigenvalue weighted by atomic mass is 16.6. The van der Waals surface area contributed by atoms with Crippen LogP contribution in [0.5, 0.6) is 11.5 Å². The van der Waals surface area contributed by atoms with Crippen LogP contribution in [0.3, 0.4) is 0 Å². The van der Waals surface area contributed by atoms with Crippen LogP contribution >= 0.6 is 0 Å². The van der Waals surface area contributed by atoms with Gasteiger partial charge in [0.1, 0.15) is 17.1 Å². The molecule has 5 nitrogen and oxygen atoms in total. The van der Waals surface area contributed by atoms with Crippen LogP contribution in [-0.4, -0.2) is 42.9 Å². The molecule has 1 aliphatic heterocycles. The predicted octanol–water partition coefficient (Wildman–Crippen LogP) is 6.82. The maximum Gasteiger partial charge on any atom is 0.410 e. The van der Waals surface area contributed by atoms with Crippen LogP contribution in [0, 0.1) is 0 Å². The number of hydrogen-bond donors (Lipinski definition) is 0. The van der Waals surface area contributed by atoms with Crippen molar-refractivity contribution in [3.63, 3.8) is 0 Å². The Morgan fingerprint density at radius 2 is 1.56 bits per heavy atom. The lowest BCUT2D eigenvalue weighted by atomic mass is 10.00. The van der Waals surface area contributed by atoms with Gasteiger partial charge < -0.3 is 19.1 Å². The molecule has 1 heterocycles. The summed E-state index contributed by atoms with van der Waals surface area (Å²) < 4.78 is 17.3. The van der Waals surface area contributed by atoms with Crippen LogP contribution in [0.1, 0.15) is 70.4 Å². The molecule has 0 radical (unpaired) electrons. The van der Waals surface area contributed by atoms with Crippen molar-refractivity contribution in [1.82, 2.24) is 4.90 Å². The number of benzene rings is 2. The van der Waals surface area contributed by atoms with Crippen molar-refractivity contribution in [3.05, 3.63) is 59.7 Å². The maximum absolute atomic E-state index is 12.7. The topological polar surface area (TPSA) is 48.0 Å². The van der Waals surface area contributed by atoms with Gasteiger partial charge in [-0.2, -0.15) is 0 Å². The summed E-state index contributed by atoms with van der Waals surface area (Å²) in [5, 5.41) is 0.